The summed E-state index contributed by atoms with van der Waals surface area (Å²) in [5.41, 5.74) is 6.09. The van der Waals surface area contributed by atoms with Crippen molar-refractivity contribution in [3.8, 4) is 0 Å². The van der Waals surface area contributed by atoms with Crippen LogP contribution in [0.1, 0.15) is 40.0 Å². The molecule has 1 aliphatic rings. The molecule has 0 aromatic carbocycles. The van der Waals surface area contributed by atoms with Crippen LogP contribution in [0, 0.1) is 5.92 Å². The third-order valence-electron chi connectivity index (χ3n) is 2.50. The maximum atomic E-state index is 5.84. The Morgan fingerprint density at radius 3 is 2.42 bits per heavy atom. The predicted molar refractivity (Wildman–Crippen MR) is 53.1 cm³/mol. The summed E-state index contributed by atoms with van der Waals surface area (Å²) in [6.07, 6.45) is 3.74. The molecule has 0 radical (unpaired) electrons. The van der Waals surface area contributed by atoms with E-state index in [2.05, 4.69) is 26.1 Å². The van der Waals surface area contributed by atoms with Crippen molar-refractivity contribution in [2.45, 2.75) is 51.6 Å². The van der Waals surface area contributed by atoms with Crippen LogP contribution in [0.2, 0.25) is 0 Å². The summed E-state index contributed by atoms with van der Waals surface area (Å²) >= 11 is 0. The summed E-state index contributed by atoms with van der Waals surface area (Å²) < 4.78 is 0. The van der Waals surface area contributed by atoms with Gasteiger partial charge in [-0.2, -0.15) is 0 Å². The van der Waals surface area contributed by atoms with E-state index >= 15 is 0 Å². The van der Waals surface area contributed by atoms with E-state index in [-0.39, 0.29) is 5.54 Å². The molecule has 72 valence electrons. The fourth-order valence-corrected chi connectivity index (χ4v) is 1.75. The van der Waals surface area contributed by atoms with Crippen molar-refractivity contribution in [2.24, 2.45) is 11.7 Å². The minimum absolute atomic E-state index is 0.257. The average molecular weight is 170 g/mol. The fourth-order valence-electron chi connectivity index (χ4n) is 1.75. The number of rotatable bonds is 2. The Kier molecular flexibility index (Phi) is 3.13. The molecule has 0 heterocycles. The first kappa shape index (κ1) is 10.0. The van der Waals surface area contributed by atoms with Gasteiger partial charge in [0.2, 0.25) is 0 Å². The van der Waals surface area contributed by atoms with Gasteiger partial charge in [0.25, 0.3) is 0 Å². The van der Waals surface area contributed by atoms with Crippen LogP contribution in [0.3, 0.4) is 0 Å². The van der Waals surface area contributed by atoms with E-state index in [1.54, 1.807) is 0 Å². The average Bonchev–Trinajstić information content (AvgIpc) is 2.30. The molecule has 0 amide bonds. The van der Waals surface area contributed by atoms with Crippen molar-refractivity contribution in [2.75, 3.05) is 6.54 Å². The van der Waals surface area contributed by atoms with Gasteiger partial charge in [0.1, 0.15) is 0 Å². The molecule has 1 saturated carbocycles. The molecule has 0 aromatic rings. The highest BCUT2D eigenvalue weighted by Crippen LogP contribution is 2.23. The molecule has 0 saturated heterocycles. The lowest BCUT2D eigenvalue weighted by atomic mass is 10.0. The van der Waals surface area contributed by atoms with Gasteiger partial charge in [0, 0.05) is 11.6 Å². The molecule has 2 unspecified atom stereocenters. The van der Waals surface area contributed by atoms with Crippen LogP contribution in [0.15, 0.2) is 0 Å². The van der Waals surface area contributed by atoms with Gasteiger partial charge in [-0.1, -0.05) is 0 Å². The number of nitrogens with one attached hydrogen (secondary N) is 1. The van der Waals surface area contributed by atoms with Crippen LogP contribution in [-0.2, 0) is 0 Å². The largest absolute Gasteiger partial charge is 0.328 e. The van der Waals surface area contributed by atoms with E-state index in [1.165, 1.54) is 19.3 Å². The smallest absolute Gasteiger partial charge is 0.00966 e. The summed E-state index contributed by atoms with van der Waals surface area (Å²) in [6, 6.07) is 0.469. The normalized spacial score (nSPS) is 31.0. The highest BCUT2D eigenvalue weighted by Gasteiger charge is 2.22. The molecule has 3 N–H and O–H groups in total. The topological polar surface area (TPSA) is 38.0 Å². The second-order valence-electron chi connectivity index (χ2n) is 5.07. The Hall–Kier alpha value is -0.0800. The second kappa shape index (κ2) is 3.75. The molecular formula is C10H22N2. The third kappa shape index (κ3) is 3.55. The SMILES string of the molecule is CC(C)(C)NCC1CCC(N)C1. The Bertz CT molecular complexity index is 137. The van der Waals surface area contributed by atoms with Crippen molar-refractivity contribution in [1.29, 1.82) is 0 Å². The van der Waals surface area contributed by atoms with Crippen LogP contribution in [0.4, 0.5) is 0 Å². The van der Waals surface area contributed by atoms with E-state index in [0.717, 1.165) is 12.5 Å². The Morgan fingerprint density at radius 1 is 1.33 bits per heavy atom. The Balaban J connectivity index is 2.16. The molecule has 0 aromatic heterocycles. The van der Waals surface area contributed by atoms with Crippen LogP contribution in [-0.4, -0.2) is 18.1 Å². The molecule has 1 rings (SSSR count). The van der Waals surface area contributed by atoms with Crippen LogP contribution < -0.4 is 11.1 Å². The first-order chi connectivity index (χ1) is 5.47. The lowest BCUT2D eigenvalue weighted by Gasteiger charge is -2.23. The third-order valence-corrected chi connectivity index (χ3v) is 2.50. The van der Waals surface area contributed by atoms with Gasteiger partial charge in [0.05, 0.1) is 0 Å². The van der Waals surface area contributed by atoms with Crippen molar-refractivity contribution < 1.29 is 0 Å². The molecule has 2 atom stereocenters. The number of nitrogens with two attached hydrogens (primary N) is 1. The molecule has 0 aliphatic heterocycles. The molecule has 2 heteroatoms. The van der Waals surface area contributed by atoms with Gasteiger partial charge in [-0.15, -0.1) is 0 Å². The zero-order valence-corrected chi connectivity index (χ0v) is 8.56. The van der Waals surface area contributed by atoms with Crippen molar-refractivity contribution in [1.82, 2.24) is 5.32 Å². The number of hydrogen-bond acceptors (Lipinski definition) is 2. The van der Waals surface area contributed by atoms with Crippen LogP contribution >= 0.6 is 0 Å². The number of hydrogen-bond donors (Lipinski definition) is 2. The van der Waals surface area contributed by atoms with Gasteiger partial charge in [-0.05, 0) is 52.5 Å². The first-order valence-electron chi connectivity index (χ1n) is 4.98. The molecule has 1 aliphatic carbocycles. The fraction of sp³-hybridized carbons (Fsp3) is 1.00. The van der Waals surface area contributed by atoms with E-state index < -0.39 is 0 Å². The zero-order valence-electron chi connectivity index (χ0n) is 8.56. The molecule has 1 fully saturated rings. The van der Waals surface area contributed by atoms with E-state index in [0.29, 0.717) is 6.04 Å². The van der Waals surface area contributed by atoms with E-state index in [4.69, 9.17) is 5.73 Å². The van der Waals surface area contributed by atoms with E-state index in [1.807, 2.05) is 0 Å². The Labute approximate surface area is 75.9 Å². The molecule has 0 spiro atoms. The maximum Gasteiger partial charge on any atom is 0.00966 e. The van der Waals surface area contributed by atoms with Crippen molar-refractivity contribution in [3.63, 3.8) is 0 Å². The summed E-state index contributed by atoms with van der Waals surface area (Å²) in [6.45, 7) is 7.77. The minimum atomic E-state index is 0.257. The molecular weight excluding hydrogens is 148 g/mol. The molecule has 2 nitrogen and oxygen atoms in total. The summed E-state index contributed by atoms with van der Waals surface area (Å²) in [5.74, 6) is 0.819. The van der Waals surface area contributed by atoms with Gasteiger partial charge < -0.3 is 11.1 Å². The lowest BCUT2D eigenvalue weighted by Crippen LogP contribution is -2.38. The predicted octanol–water partition coefficient (Wildman–Crippen LogP) is 1.50. The molecule has 0 bridgehead atoms. The van der Waals surface area contributed by atoms with Crippen molar-refractivity contribution >= 4 is 0 Å². The lowest BCUT2D eigenvalue weighted by molar-refractivity contribution is 0.372. The minimum Gasteiger partial charge on any atom is -0.328 e. The van der Waals surface area contributed by atoms with Crippen LogP contribution in [0.25, 0.3) is 0 Å². The monoisotopic (exact) mass is 170 g/mol. The first-order valence-corrected chi connectivity index (χ1v) is 4.98. The standard InChI is InChI=1S/C10H22N2/c1-10(2,3)12-7-8-4-5-9(11)6-8/h8-9,12H,4-7,11H2,1-3H3. The highest BCUT2D eigenvalue weighted by molar-refractivity contribution is 4.81. The summed E-state index contributed by atoms with van der Waals surface area (Å²) in [7, 11) is 0. The molecule has 12 heavy (non-hydrogen) atoms. The summed E-state index contributed by atoms with van der Waals surface area (Å²) in [5, 5.41) is 3.53. The van der Waals surface area contributed by atoms with Crippen molar-refractivity contribution in [3.05, 3.63) is 0 Å². The second-order valence-corrected chi connectivity index (χ2v) is 5.07. The van der Waals surface area contributed by atoms with Gasteiger partial charge in [-0.3, -0.25) is 0 Å². The van der Waals surface area contributed by atoms with Gasteiger partial charge >= 0.3 is 0 Å². The van der Waals surface area contributed by atoms with Gasteiger partial charge in [0.15, 0.2) is 0 Å². The zero-order chi connectivity index (χ0) is 9.19. The summed E-state index contributed by atoms with van der Waals surface area (Å²) in [4.78, 5) is 0. The maximum absolute atomic E-state index is 5.84. The van der Waals surface area contributed by atoms with Gasteiger partial charge in [-0.25, -0.2) is 0 Å². The highest BCUT2D eigenvalue weighted by atomic mass is 14.9. The Morgan fingerprint density at radius 2 is 2.00 bits per heavy atom. The quantitative estimate of drug-likeness (QED) is 0.659. The van der Waals surface area contributed by atoms with E-state index in [9.17, 15) is 0 Å². The van der Waals surface area contributed by atoms with Crippen LogP contribution in [0.5, 0.6) is 0 Å².